The van der Waals surface area contributed by atoms with Gasteiger partial charge in [0.05, 0.1) is 25.7 Å². The van der Waals surface area contributed by atoms with Gasteiger partial charge in [0.25, 0.3) is 0 Å². The quantitative estimate of drug-likeness (QED) is 0.433. The maximum absolute atomic E-state index is 11.8. The summed E-state index contributed by atoms with van der Waals surface area (Å²) in [7, 11) is 2.89. The minimum absolute atomic E-state index is 0.113. The Morgan fingerprint density at radius 2 is 2.10 bits per heavy atom. The van der Waals surface area contributed by atoms with Crippen LogP contribution in [0.15, 0.2) is 18.2 Å². The van der Waals surface area contributed by atoms with E-state index in [1.54, 1.807) is 18.2 Å². The van der Waals surface area contributed by atoms with Crippen LogP contribution in [0.2, 0.25) is 0 Å². The topological polar surface area (TPSA) is 90.7 Å². The zero-order valence-corrected chi connectivity index (χ0v) is 13.0. The van der Waals surface area contributed by atoms with Crippen LogP contribution in [0.1, 0.15) is 12.8 Å². The molecule has 0 saturated carbocycles. The van der Waals surface area contributed by atoms with Gasteiger partial charge in [-0.15, -0.1) is 0 Å². The average molecular weight is 312 g/mol. The molecule has 0 aliphatic heterocycles. The summed E-state index contributed by atoms with van der Waals surface area (Å²) in [6, 6.07) is 5.07. The number of methoxy groups -OCH3 is 2. The van der Waals surface area contributed by atoms with Gasteiger partial charge >= 0.3 is 5.97 Å². The van der Waals surface area contributed by atoms with Crippen molar-refractivity contribution >= 4 is 35.0 Å². The van der Waals surface area contributed by atoms with Gasteiger partial charge in [-0.3, -0.25) is 9.59 Å². The third-order valence-corrected chi connectivity index (χ3v) is 3.65. The highest BCUT2D eigenvalue weighted by Crippen LogP contribution is 2.26. The van der Waals surface area contributed by atoms with Crippen LogP contribution in [0.5, 0.6) is 5.75 Å². The largest absolute Gasteiger partial charge is 0.495 e. The van der Waals surface area contributed by atoms with Crippen LogP contribution in [0.25, 0.3) is 0 Å². The first-order chi connectivity index (χ1) is 10.1. The maximum Gasteiger partial charge on any atom is 0.315 e. The van der Waals surface area contributed by atoms with E-state index in [0.717, 1.165) is 5.75 Å². The summed E-state index contributed by atoms with van der Waals surface area (Å²) in [5.41, 5.74) is 6.80. The van der Waals surface area contributed by atoms with Gasteiger partial charge in [0.15, 0.2) is 0 Å². The molecule has 0 aliphatic carbocycles. The SMILES string of the molecule is COC(=O)CSCCCC(=O)Nc1cc(N)ccc1OC. The highest BCUT2D eigenvalue weighted by molar-refractivity contribution is 7.99. The number of carbonyl (C=O) groups is 2. The van der Waals surface area contributed by atoms with Gasteiger partial charge in [-0.25, -0.2) is 0 Å². The standard InChI is InChI=1S/C14H20N2O4S/c1-19-12-6-5-10(15)8-11(12)16-13(17)4-3-7-21-9-14(18)20-2/h5-6,8H,3-4,7,9,15H2,1-2H3,(H,16,17). The van der Waals surface area contributed by atoms with Crippen LogP contribution < -0.4 is 15.8 Å². The molecule has 116 valence electrons. The van der Waals surface area contributed by atoms with Crippen molar-refractivity contribution in [2.45, 2.75) is 12.8 Å². The molecule has 0 spiro atoms. The number of thioether (sulfide) groups is 1. The number of amides is 1. The van der Waals surface area contributed by atoms with Crippen LogP contribution in [-0.4, -0.2) is 37.6 Å². The third-order valence-electron chi connectivity index (χ3n) is 2.64. The first-order valence-corrected chi connectivity index (χ1v) is 7.60. The van der Waals surface area contributed by atoms with Crippen molar-refractivity contribution < 1.29 is 19.1 Å². The van der Waals surface area contributed by atoms with E-state index in [0.29, 0.717) is 35.7 Å². The number of esters is 1. The second-order valence-electron chi connectivity index (χ2n) is 4.24. The molecule has 0 bridgehead atoms. The molecule has 21 heavy (non-hydrogen) atoms. The lowest BCUT2D eigenvalue weighted by Gasteiger charge is -2.10. The number of nitrogens with two attached hydrogens (primary N) is 1. The predicted octanol–water partition coefficient (Wildman–Crippen LogP) is 1.90. The number of nitrogen functional groups attached to an aromatic ring is 1. The summed E-state index contributed by atoms with van der Waals surface area (Å²) in [6.07, 6.45) is 1.05. The number of nitrogens with one attached hydrogen (secondary N) is 1. The number of anilines is 2. The monoisotopic (exact) mass is 312 g/mol. The van der Waals surface area contributed by atoms with Crippen molar-refractivity contribution in [3.63, 3.8) is 0 Å². The Morgan fingerprint density at radius 1 is 1.33 bits per heavy atom. The molecule has 0 aromatic heterocycles. The summed E-state index contributed by atoms with van der Waals surface area (Å²) in [5.74, 6) is 1.22. The van der Waals surface area contributed by atoms with Crippen molar-refractivity contribution in [3.8, 4) is 5.75 Å². The van der Waals surface area contributed by atoms with Gasteiger partial charge in [-0.05, 0) is 30.4 Å². The molecule has 0 radical (unpaired) electrons. The van der Waals surface area contributed by atoms with E-state index in [-0.39, 0.29) is 11.9 Å². The second kappa shape index (κ2) is 9.12. The Hall–Kier alpha value is -1.89. The van der Waals surface area contributed by atoms with Gasteiger partial charge < -0.3 is 20.5 Å². The number of carbonyl (C=O) groups excluding carboxylic acids is 2. The molecule has 0 heterocycles. The van der Waals surface area contributed by atoms with Gasteiger partial charge in [0.1, 0.15) is 5.75 Å². The average Bonchev–Trinajstić information content (AvgIpc) is 2.46. The number of hydrogen-bond acceptors (Lipinski definition) is 6. The Kier molecular flexibility index (Phi) is 7.45. The van der Waals surface area contributed by atoms with Gasteiger partial charge in [0.2, 0.25) is 5.91 Å². The lowest BCUT2D eigenvalue weighted by Crippen LogP contribution is -2.13. The molecule has 0 saturated heterocycles. The predicted molar refractivity (Wildman–Crippen MR) is 84.6 cm³/mol. The highest BCUT2D eigenvalue weighted by Gasteiger charge is 2.08. The molecule has 3 N–H and O–H groups in total. The normalized spacial score (nSPS) is 10.0. The van der Waals surface area contributed by atoms with Crippen LogP contribution >= 0.6 is 11.8 Å². The summed E-state index contributed by atoms with van der Waals surface area (Å²) in [6.45, 7) is 0. The number of benzene rings is 1. The van der Waals surface area contributed by atoms with Gasteiger partial charge in [-0.2, -0.15) is 11.8 Å². The molecule has 0 atom stereocenters. The summed E-state index contributed by atoms with van der Waals surface area (Å²) in [4.78, 5) is 22.7. The molecule has 1 aromatic carbocycles. The lowest BCUT2D eigenvalue weighted by atomic mass is 10.2. The van der Waals surface area contributed by atoms with Gasteiger partial charge in [0, 0.05) is 12.1 Å². The number of ether oxygens (including phenoxy) is 2. The van der Waals surface area contributed by atoms with Crippen molar-refractivity contribution in [1.82, 2.24) is 0 Å². The molecule has 0 fully saturated rings. The van der Waals surface area contributed by atoms with Crippen LogP contribution in [0.3, 0.4) is 0 Å². The minimum Gasteiger partial charge on any atom is -0.495 e. The third kappa shape index (κ3) is 6.40. The van der Waals surface area contributed by atoms with E-state index >= 15 is 0 Å². The molecule has 1 rings (SSSR count). The minimum atomic E-state index is -0.256. The molecule has 0 aliphatic rings. The lowest BCUT2D eigenvalue weighted by molar-refractivity contribution is -0.137. The van der Waals surface area contributed by atoms with Crippen LogP contribution in [0, 0.1) is 0 Å². The summed E-state index contributed by atoms with van der Waals surface area (Å²) < 4.78 is 9.69. The fourth-order valence-corrected chi connectivity index (χ4v) is 2.36. The van der Waals surface area contributed by atoms with E-state index in [1.165, 1.54) is 26.0 Å². The van der Waals surface area contributed by atoms with E-state index in [1.807, 2.05) is 0 Å². The molecule has 1 amide bonds. The van der Waals surface area contributed by atoms with E-state index in [4.69, 9.17) is 10.5 Å². The number of rotatable bonds is 8. The van der Waals surface area contributed by atoms with E-state index < -0.39 is 0 Å². The Labute approximate surface area is 128 Å². The highest BCUT2D eigenvalue weighted by atomic mass is 32.2. The van der Waals surface area contributed by atoms with Crippen LogP contribution in [0.4, 0.5) is 11.4 Å². The first kappa shape index (κ1) is 17.2. The zero-order valence-electron chi connectivity index (χ0n) is 12.2. The van der Waals surface area contributed by atoms with E-state index in [9.17, 15) is 9.59 Å². The van der Waals surface area contributed by atoms with Crippen molar-refractivity contribution in [2.24, 2.45) is 0 Å². The maximum atomic E-state index is 11.8. The van der Waals surface area contributed by atoms with Crippen molar-refractivity contribution in [2.75, 3.05) is 36.8 Å². The summed E-state index contributed by atoms with van der Waals surface area (Å²) in [5, 5.41) is 2.77. The molecular formula is C14H20N2O4S. The van der Waals surface area contributed by atoms with Crippen molar-refractivity contribution in [3.05, 3.63) is 18.2 Å². The van der Waals surface area contributed by atoms with Crippen LogP contribution in [-0.2, 0) is 14.3 Å². The molecule has 0 unspecified atom stereocenters. The smallest absolute Gasteiger partial charge is 0.315 e. The first-order valence-electron chi connectivity index (χ1n) is 6.44. The molecule has 6 nitrogen and oxygen atoms in total. The fourth-order valence-electron chi connectivity index (χ4n) is 1.59. The Balaban J connectivity index is 2.34. The fraction of sp³-hybridized carbons (Fsp3) is 0.429. The second-order valence-corrected chi connectivity index (χ2v) is 5.35. The Bertz CT molecular complexity index is 494. The molecule has 7 heteroatoms. The van der Waals surface area contributed by atoms with Crippen molar-refractivity contribution in [1.29, 1.82) is 0 Å². The molecule has 1 aromatic rings. The summed E-state index contributed by atoms with van der Waals surface area (Å²) >= 11 is 1.45. The Morgan fingerprint density at radius 3 is 2.76 bits per heavy atom. The zero-order chi connectivity index (χ0) is 15.7. The van der Waals surface area contributed by atoms with E-state index in [2.05, 4.69) is 10.1 Å². The number of hydrogen-bond donors (Lipinski definition) is 2. The van der Waals surface area contributed by atoms with Gasteiger partial charge in [-0.1, -0.05) is 0 Å². The molecular weight excluding hydrogens is 292 g/mol.